The fraction of sp³-hybridized carbons (Fsp3) is 0.950. The van der Waals surface area contributed by atoms with Crippen LogP contribution in [0.2, 0.25) is 0 Å². The summed E-state index contributed by atoms with van der Waals surface area (Å²) in [5.41, 5.74) is 0. The molecule has 0 aromatic carbocycles. The van der Waals surface area contributed by atoms with Crippen molar-refractivity contribution >= 4 is 29.9 Å². The number of unbranched alkanes of at least 4 members (excludes halogenated alkanes) is 1. The fourth-order valence-corrected chi connectivity index (χ4v) is 3.18. The summed E-state index contributed by atoms with van der Waals surface area (Å²) >= 11 is 0. The Bertz CT molecular complexity index is 354. The second-order valence-electron chi connectivity index (χ2n) is 7.76. The van der Waals surface area contributed by atoms with Gasteiger partial charge in [0.05, 0.1) is 0 Å². The number of likely N-dealkylation sites (N-methyl/N-ethyl adjacent to an activating group) is 1. The zero-order valence-corrected chi connectivity index (χ0v) is 20.2. The summed E-state index contributed by atoms with van der Waals surface area (Å²) in [4.78, 5) is 9.90. The molecule has 1 rings (SSSR count). The lowest BCUT2D eigenvalue weighted by Crippen LogP contribution is -2.46. The molecule has 0 saturated carbocycles. The third kappa shape index (κ3) is 12.3. The van der Waals surface area contributed by atoms with E-state index in [0.717, 1.165) is 25.0 Å². The first-order valence-corrected chi connectivity index (χ1v) is 10.5. The number of nitrogens with one attached hydrogen (secondary N) is 2. The highest BCUT2D eigenvalue weighted by molar-refractivity contribution is 14.0. The number of hydrogen-bond acceptors (Lipinski definition) is 3. The van der Waals surface area contributed by atoms with Gasteiger partial charge in [-0.05, 0) is 58.5 Å². The monoisotopic (exact) mass is 481 g/mol. The quantitative estimate of drug-likeness (QED) is 0.206. The summed E-state index contributed by atoms with van der Waals surface area (Å²) < 4.78 is 0. The van der Waals surface area contributed by atoms with Gasteiger partial charge in [0.25, 0.3) is 0 Å². The zero-order chi connectivity index (χ0) is 18.5. The van der Waals surface area contributed by atoms with Crippen molar-refractivity contribution < 1.29 is 0 Å². The highest BCUT2D eigenvalue weighted by atomic mass is 127. The van der Waals surface area contributed by atoms with Crippen molar-refractivity contribution in [2.75, 3.05) is 52.4 Å². The Morgan fingerprint density at radius 1 is 0.962 bits per heavy atom. The molecule has 6 heteroatoms. The average Bonchev–Trinajstić information content (AvgIpc) is 2.60. The molecule has 0 bridgehead atoms. The topological polar surface area (TPSA) is 42.9 Å². The molecule has 0 aromatic rings. The molecule has 0 radical (unpaired) electrons. The normalized spacial score (nSPS) is 17.8. The molecule has 1 heterocycles. The van der Waals surface area contributed by atoms with Gasteiger partial charge < -0.3 is 20.4 Å². The van der Waals surface area contributed by atoms with Gasteiger partial charge in [-0.3, -0.25) is 4.99 Å². The van der Waals surface area contributed by atoms with Crippen LogP contribution in [-0.2, 0) is 0 Å². The summed E-state index contributed by atoms with van der Waals surface area (Å²) in [5, 5.41) is 6.92. The highest BCUT2D eigenvalue weighted by Crippen LogP contribution is 2.06. The summed E-state index contributed by atoms with van der Waals surface area (Å²) in [6.07, 6.45) is 4.88. The Morgan fingerprint density at radius 2 is 1.62 bits per heavy atom. The average molecular weight is 482 g/mol. The van der Waals surface area contributed by atoms with E-state index in [1.165, 1.54) is 65.0 Å². The lowest BCUT2D eigenvalue weighted by Gasteiger charge is -2.33. The largest absolute Gasteiger partial charge is 0.357 e. The molecule has 0 aliphatic carbocycles. The van der Waals surface area contributed by atoms with Crippen LogP contribution in [-0.4, -0.2) is 74.2 Å². The van der Waals surface area contributed by atoms with Gasteiger partial charge in [-0.1, -0.05) is 20.8 Å². The Balaban J connectivity index is 0.00000625. The summed E-state index contributed by atoms with van der Waals surface area (Å²) in [6, 6.07) is 0.482. The van der Waals surface area contributed by atoms with Gasteiger partial charge in [0, 0.05) is 45.3 Å². The molecule has 1 unspecified atom stereocenters. The van der Waals surface area contributed by atoms with Crippen molar-refractivity contribution in [3.63, 3.8) is 0 Å². The Kier molecular flexibility index (Phi) is 15.9. The number of piperazine rings is 1. The van der Waals surface area contributed by atoms with Gasteiger partial charge in [-0.15, -0.1) is 24.0 Å². The van der Waals surface area contributed by atoms with Crippen molar-refractivity contribution in [2.24, 2.45) is 10.9 Å². The molecule has 1 atom stereocenters. The van der Waals surface area contributed by atoms with Gasteiger partial charge >= 0.3 is 0 Å². The van der Waals surface area contributed by atoms with E-state index in [4.69, 9.17) is 4.99 Å². The van der Waals surface area contributed by atoms with Gasteiger partial charge in [0.15, 0.2) is 5.96 Å². The molecular formula is C20H44IN5. The molecule has 0 spiro atoms. The predicted octanol–water partition coefficient (Wildman–Crippen LogP) is 3.40. The van der Waals surface area contributed by atoms with Gasteiger partial charge in [0.2, 0.25) is 0 Å². The van der Waals surface area contributed by atoms with E-state index in [1.807, 2.05) is 0 Å². The minimum Gasteiger partial charge on any atom is -0.357 e. The Labute approximate surface area is 179 Å². The Morgan fingerprint density at radius 3 is 2.19 bits per heavy atom. The molecule has 0 aromatic heterocycles. The molecule has 1 aliphatic heterocycles. The van der Waals surface area contributed by atoms with Gasteiger partial charge in [-0.25, -0.2) is 0 Å². The maximum absolute atomic E-state index is 4.76. The molecular weight excluding hydrogens is 437 g/mol. The van der Waals surface area contributed by atoms with Crippen LogP contribution in [0, 0.1) is 5.92 Å². The first-order chi connectivity index (χ1) is 12.0. The van der Waals surface area contributed by atoms with E-state index in [0.29, 0.717) is 6.04 Å². The van der Waals surface area contributed by atoms with Gasteiger partial charge in [0.1, 0.15) is 0 Å². The van der Waals surface area contributed by atoms with Crippen molar-refractivity contribution in [2.45, 2.75) is 66.3 Å². The third-order valence-electron chi connectivity index (χ3n) is 4.97. The first kappa shape index (κ1) is 25.9. The number of aliphatic imine (C=N–C) groups is 1. The predicted molar refractivity (Wildman–Crippen MR) is 126 cm³/mol. The number of hydrogen-bond donors (Lipinski definition) is 2. The molecule has 156 valence electrons. The van der Waals surface area contributed by atoms with Crippen LogP contribution in [0.5, 0.6) is 0 Å². The number of halogens is 1. The van der Waals surface area contributed by atoms with Crippen molar-refractivity contribution in [1.82, 2.24) is 20.4 Å². The minimum absolute atomic E-state index is 0. The number of rotatable bonds is 11. The maximum atomic E-state index is 4.76. The molecule has 1 saturated heterocycles. The minimum atomic E-state index is 0. The lowest BCUT2D eigenvalue weighted by molar-refractivity contribution is 0.136. The summed E-state index contributed by atoms with van der Waals surface area (Å²) in [7, 11) is 0. The molecule has 0 amide bonds. The summed E-state index contributed by atoms with van der Waals surface area (Å²) in [5.74, 6) is 1.75. The van der Waals surface area contributed by atoms with E-state index in [9.17, 15) is 0 Å². The second-order valence-corrected chi connectivity index (χ2v) is 7.76. The van der Waals surface area contributed by atoms with Crippen LogP contribution in [0.15, 0.2) is 4.99 Å². The number of nitrogens with zero attached hydrogens (tertiary/aromatic N) is 3. The maximum Gasteiger partial charge on any atom is 0.191 e. The fourth-order valence-electron chi connectivity index (χ4n) is 3.18. The lowest BCUT2D eigenvalue weighted by atomic mass is 10.0. The SMILES string of the molecule is CCNC(=NCCCCN1CCN(CC)CC1)NC(C)CCC(C)C.I. The molecule has 1 fully saturated rings. The van der Waals surface area contributed by atoms with Crippen LogP contribution in [0.4, 0.5) is 0 Å². The van der Waals surface area contributed by atoms with Crippen LogP contribution < -0.4 is 10.6 Å². The first-order valence-electron chi connectivity index (χ1n) is 10.5. The van der Waals surface area contributed by atoms with E-state index >= 15 is 0 Å². The molecule has 2 N–H and O–H groups in total. The smallest absolute Gasteiger partial charge is 0.191 e. The van der Waals surface area contributed by atoms with E-state index in [2.05, 4.69) is 55.1 Å². The van der Waals surface area contributed by atoms with E-state index in [1.54, 1.807) is 0 Å². The van der Waals surface area contributed by atoms with Crippen molar-refractivity contribution in [1.29, 1.82) is 0 Å². The summed E-state index contributed by atoms with van der Waals surface area (Å²) in [6.45, 7) is 20.4. The molecule has 1 aliphatic rings. The highest BCUT2D eigenvalue weighted by Gasteiger charge is 2.14. The van der Waals surface area contributed by atoms with Crippen molar-refractivity contribution in [3.8, 4) is 0 Å². The van der Waals surface area contributed by atoms with E-state index < -0.39 is 0 Å². The van der Waals surface area contributed by atoms with Crippen LogP contribution in [0.1, 0.15) is 60.3 Å². The van der Waals surface area contributed by atoms with Crippen LogP contribution in [0.25, 0.3) is 0 Å². The van der Waals surface area contributed by atoms with Crippen LogP contribution in [0.3, 0.4) is 0 Å². The van der Waals surface area contributed by atoms with Gasteiger partial charge in [-0.2, -0.15) is 0 Å². The molecule has 26 heavy (non-hydrogen) atoms. The number of guanidine groups is 1. The van der Waals surface area contributed by atoms with E-state index in [-0.39, 0.29) is 24.0 Å². The standard InChI is InChI=1S/C20H43N5.HI/c1-6-21-20(23-19(5)11-10-18(3)4)22-12-8-9-13-25-16-14-24(7-2)15-17-25;/h18-19H,6-17H2,1-5H3,(H2,21,22,23);1H. The zero-order valence-electron chi connectivity index (χ0n) is 17.9. The second kappa shape index (κ2) is 15.9. The van der Waals surface area contributed by atoms with Crippen molar-refractivity contribution in [3.05, 3.63) is 0 Å². The third-order valence-corrected chi connectivity index (χ3v) is 4.97. The van der Waals surface area contributed by atoms with Crippen LogP contribution >= 0.6 is 24.0 Å². The Hall–Kier alpha value is -0.0800. The molecule has 5 nitrogen and oxygen atoms in total.